The Morgan fingerprint density at radius 1 is 1.59 bits per heavy atom. The summed E-state index contributed by atoms with van der Waals surface area (Å²) < 4.78 is 0. The first-order valence-corrected chi connectivity index (χ1v) is 5.80. The maximum absolute atomic E-state index is 11.4. The van der Waals surface area contributed by atoms with Gasteiger partial charge in [0.15, 0.2) is 0 Å². The molecule has 2 rings (SSSR count). The van der Waals surface area contributed by atoms with E-state index < -0.39 is 5.91 Å². The Kier molecular flexibility index (Phi) is 3.02. The van der Waals surface area contributed by atoms with Crippen molar-refractivity contribution in [1.29, 1.82) is 0 Å². The number of nitrogens with zero attached hydrogens (tertiary/aromatic N) is 1. The van der Waals surface area contributed by atoms with Crippen molar-refractivity contribution in [2.24, 2.45) is 11.5 Å². The van der Waals surface area contributed by atoms with Crippen LogP contribution in [0.1, 0.15) is 35.2 Å². The minimum absolute atomic E-state index is 0.152. The van der Waals surface area contributed by atoms with Crippen molar-refractivity contribution >= 4 is 11.7 Å². The predicted octanol–water partition coefficient (Wildman–Crippen LogP) is 0.782. The predicted molar refractivity (Wildman–Crippen MR) is 66.8 cm³/mol. The molecule has 0 atom stereocenters. The standard InChI is InChI=1S/C12H18N4O/c1-8-3-6-15-11(9(8)10(13)17)16-7-12(14)4-2-5-12/h3,6H,2,4-5,7,14H2,1H3,(H2,13,17)(H,15,16). The summed E-state index contributed by atoms with van der Waals surface area (Å²) in [5, 5.41) is 3.14. The summed E-state index contributed by atoms with van der Waals surface area (Å²) in [6, 6.07) is 1.77. The second kappa shape index (κ2) is 4.33. The van der Waals surface area contributed by atoms with Crippen LogP contribution < -0.4 is 16.8 Å². The highest BCUT2D eigenvalue weighted by atomic mass is 16.1. The molecule has 1 aromatic heterocycles. The molecular weight excluding hydrogens is 216 g/mol. The van der Waals surface area contributed by atoms with E-state index in [2.05, 4.69) is 10.3 Å². The van der Waals surface area contributed by atoms with Crippen LogP contribution in [-0.2, 0) is 0 Å². The number of nitrogens with one attached hydrogen (secondary N) is 1. The van der Waals surface area contributed by atoms with Crippen LogP contribution in [0, 0.1) is 6.92 Å². The molecule has 0 spiro atoms. The van der Waals surface area contributed by atoms with Crippen molar-refractivity contribution in [3.8, 4) is 0 Å². The van der Waals surface area contributed by atoms with Crippen LogP contribution in [0.25, 0.3) is 0 Å². The highest BCUT2D eigenvalue weighted by Gasteiger charge is 2.32. The maximum Gasteiger partial charge on any atom is 0.252 e. The fourth-order valence-electron chi connectivity index (χ4n) is 2.07. The second-order valence-electron chi connectivity index (χ2n) is 4.79. The molecule has 92 valence electrons. The highest BCUT2D eigenvalue weighted by Crippen LogP contribution is 2.29. The van der Waals surface area contributed by atoms with Gasteiger partial charge < -0.3 is 16.8 Å². The van der Waals surface area contributed by atoms with Crippen molar-refractivity contribution in [1.82, 2.24) is 4.98 Å². The third-order valence-electron chi connectivity index (χ3n) is 3.36. The number of nitrogens with two attached hydrogens (primary N) is 2. The molecule has 0 aromatic carbocycles. The normalized spacial score (nSPS) is 17.3. The fraction of sp³-hybridized carbons (Fsp3) is 0.500. The van der Waals surface area contributed by atoms with Gasteiger partial charge in [-0.2, -0.15) is 0 Å². The summed E-state index contributed by atoms with van der Waals surface area (Å²) >= 11 is 0. The molecule has 1 saturated carbocycles. The monoisotopic (exact) mass is 234 g/mol. The van der Waals surface area contributed by atoms with E-state index in [0.717, 1.165) is 18.4 Å². The van der Waals surface area contributed by atoms with Crippen LogP contribution in [0.15, 0.2) is 12.3 Å². The Balaban J connectivity index is 2.15. The average molecular weight is 234 g/mol. The zero-order valence-corrected chi connectivity index (χ0v) is 9.99. The summed E-state index contributed by atoms with van der Waals surface area (Å²) in [4.78, 5) is 15.5. The number of aryl methyl sites for hydroxylation is 1. The lowest BCUT2D eigenvalue weighted by Crippen LogP contribution is -2.52. The zero-order valence-electron chi connectivity index (χ0n) is 9.99. The Bertz CT molecular complexity index is 440. The molecule has 1 heterocycles. The summed E-state index contributed by atoms with van der Waals surface area (Å²) in [6.45, 7) is 2.47. The van der Waals surface area contributed by atoms with E-state index in [1.165, 1.54) is 6.42 Å². The Morgan fingerprint density at radius 2 is 2.29 bits per heavy atom. The number of carbonyl (C=O) groups excluding carboxylic acids is 1. The van der Waals surface area contributed by atoms with Crippen LogP contribution in [0.2, 0.25) is 0 Å². The third kappa shape index (κ3) is 2.39. The molecule has 0 unspecified atom stereocenters. The third-order valence-corrected chi connectivity index (χ3v) is 3.36. The van der Waals surface area contributed by atoms with Crippen LogP contribution in [0.3, 0.4) is 0 Å². The number of amides is 1. The molecule has 1 aliphatic carbocycles. The first kappa shape index (κ1) is 11.9. The van der Waals surface area contributed by atoms with Gasteiger partial charge in [-0.1, -0.05) is 0 Å². The highest BCUT2D eigenvalue weighted by molar-refractivity contribution is 5.98. The van der Waals surface area contributed by atoms with E-state index in [1.807, 2.05) is 6.92 Å². The minimum Gasteiger partial charge on any atom is -0.368 e. The molecule has 0 saturated heterocycles. The van der Waals surface area contributed by atoms with Gasteiger partial charge in [0.2, 0.25) is 0 Å². The average Bonchev–Trinajstić information content (AvgIpc) is 2.23. The van der Waals surface area contributed by atoms with Crippen molar-refractivity contribution in [2.75, 3.05) is 11.9 Å². The first-order valence-electron chi connectivity index (χ1n) is 5.80. The molecule has 1 aromatic rings. The number of pyridine rings is 1. The first-order chi connectivity index (χ1) is 8.02. The Hall–Kier alpha value is -1.62. The number of hydrogen-bond donors (Lipinski definition) is 3. The van der Waals surface area contributed by atoms with E-state index in [9.17, 15) is 4.79 Å². The smallest absolute Gasteiger partial charge is 0.252 e. The SMILES string of the molecule is Cc1ccnc(NCC2(N)CCC2)c1C(N)=O. The lowest BCUT2D eigenvalue weighted by molar-refractivity contribution is 0.1000. The lowest BCUT2D eigenvalue weighted by atomic mass is 9.78. The van der Waals surface area contributed by atoms with Crippen molar-refractivity contribution in [3.05, 3.63) is 23.4 Å². The lowest BCUT2D eigenvalue weighted by Gasteiger charge is -2.38. The van der Waals surface area contributed by atoms with Gasteiger partial charge in [-0.25, -0.2) is 4.98 Å². The maximum atomic E-state index is 11.4. The van der Waals surface area contributed by atoms with Crippen molar-refractivity contribution < 1.29 is 4.79 Å². The number of aromatic nitrogens is 1. The van der Waals surface area contributed by atoms with Gasteiger partial charge in [-0.15, -0.1) is 0 Å². The van der Waals surface area contributed by atoms with E-state index in [1.54, 1.807) is 12.3 Å². The van der Waals surface area contributed by atoms with Gasteiger partial charge in [0, 0.05) is 18.3 Å². The molecule has 1 amide bonds. The van der Waals surface area contributed by atoms with Gasteiger partial charge in [-0.3, -0.25) is 4.79 Å². The summed E-state index contributed by atoms with van der Waals surface area (Å²) in [5.41, 5.74) is 12.6. The summed E-state index contributed by atoms with van der Waals surface area (Å²) in [5.74, 6) is 0.0759. The molecule has 1 aliphatic rings. The quantitative estimate of drug-likeness (QED) is 0.717. The van der Waals surface area contributed by atoms with Crippen molar-refractivity contribution in [2.45, 2.75) is 31.7 Å². The molecule has 0 bridgehead atoms. The van der Waals surface area contributed by atoms with Crippen LogP contribution >= 0.6 is 0 Å². The molecule has 5 heteroatoms. The molecular formula is C12H18N4O. The summed E-state index contributed by atoms with van der Waals surface area (Å²) in [6.07, 6.45) is 4.85. The van der Waals surface area contributed by atoms with E-state index in [0.29, 0.717) is 17.9 Å². The van der Waals surface area contributed by atoms with E-state index in [4.69, 9.17) is 11.5 Å². The zero-order chi connectivity index (χ0) is 12.5. The fourth-order valence-corrected chi connectivity index (χ4v) is 2.07. The van der Waals surface area contributed by atoms with Crippen LogP contribution in [0.4, 0.5) is 5.82 Å². The molecule has 17 heavy (non-hydrogen) atoms. The number of anilines is 1. The van der Waals surface area contributed by atoms with Gasteiger partial charge in [0.05, 0.1) is 5.56 Å². The number of rotatable bonds is 4. The van der Waals surface area contributed by atoms with E-state index >= 15 is 0 Å². The number of carbonyl (C=O) groups is 1. The second-order valence-corrected chi connectivity index (χ2v) is 4.79. The topological polar surface area (TPSA) is 94.0 Å². The van der Waals surface area contributed by atoms with Crippen LogP contribution in [0.5, 0.6) is 0 Å². The van der Waals surface area contributed by atoms with Crippen molar-refractivity contribution in [3.63, 3.8) is 0 Å². The number of hydrogen-bond acceptors (Lipinski definition) is 4. The summed E-state index contributed by atoms with van der Waals surface area (Å²) in [7, 11) is 0. The van der Waals surface area contributed by atoms with E-state index in [-0.39, 0.29) is 5.54 Å². The molecule has 0 aliphatic heterocycles. The van der Waals surface area contributed by atoms with Gasteiger partial charge in [-0.05, 0) is 37.8 Å². The van der Waals surface area contributed by atoms with Crippen LogP contribution in [-0.4, -0.2) is 23.0 Å². The van der Waals surface area contributed by atoms with Gasteiger partial charge in [0.1, 0.15) is 5.82 Å². The molecule has 0 radical (unpaired) electrons. The van der Waals surface area contributed by atoms with Gasteiger partial charge in [0.25, 0.3) is 5.91 Å². The molecule has 5 N–H and O–H groups in total. The molecule has 1 fully saturated rings. The minimum atomic E-state index is -0.460. The van der Waals surface area contributed by atoms with Gasteiger partial charge >= 0.3 is 0 Å². The Morgan fingerprint density at radius 3 is 2.82 bits per heavy atom. The molecule has 5 nitrogen and oxygen atoms in total. The Labute approximate surface area is 101 Å². The number of primary amides is 1. The largest absolute Gasteiger partial charge is 0.368 e.